The second-order valence-electron chi connectivity index (χ2n) is 2.68. The van der Waals surface area contributed by atoms with Crippen molar-refractivity contribution in [1.29, 1.82) is 0 Å². The average Bonchev–Trinajstić information content (AvgIpc) is 2.17. The second-order valence-corrected chi connectivity index (χ2v) is 2.68. The van der Waals surface area contributed by atoms with Crippen LogP contribution in [0, 0.1) is 0 Å². The van der Waals surface area contributed by atoms with Crippen LogP contribution in [0.2, 0.25) is 0 Å². The molecule has 0 spiro atoms. The SMILES string of the molecule is NON=C1CCCCCC1. The van der Waals surface area contributed by atoms with E-state index in [1.165, 1.54) is 25.7 Å². The van der Waals surface area contributed by atoms with Gasteiger partial charge < -0.3 is 4.94 Å². The third-order valence-corrected chi connectivity index (χ3v) is 1.86. The third kappa shape index (κ3) is 2.35. The monoisotopic (exact) mass is 142 g/mol. The summed E-state index contributed by atoms with van der Waals surface area (Å²) in [7, 11) is 0. The zero-order valence-corrected chi connectivity index (χ0v) is 6.18. The molecule has 58 valence electrons. The van der Waals surface area contributed by atoms with Gasteiger partial charge in [0.2, 0.25) is 0 Å². The predicted octanol–water partition coefficient (Wildman–Crippen LogP) is 1.59. The molecule has 0 aromatic carbocycles. The van der Waals surface area contributed by atoms with Crippen molar-refractivity contribution in [1.82, 2.24) is 0 Å². The summed E-state index contributed by atoms with van der Waals surface area (Å²) in [5.74, 6) is 4.82. The normalized spacial score (nSPS) is 19.9. The molecule has 1 rings (SSSR count). The van der Waals surface area contributed by atoms with Gasteiger partial charge in [-0.1, -0.05) is 18.0 Å². The Kier molecular flexibility index (Phi) is 3.22. The van der Waals surface area contributed by atoms with Crippen molar-refractivity contribution < 1.29 is 4.94 Å². The summed E-state index contributed by atoms with van der Waals surface area (Å²) in [6, 6.07) is 0. The fourth-order valence-electron chi connectivity index (χ4n) is 1.30. The van der Waals surface area contributed by atoms with E-state index in [9.17, 15) is 0 Å². The van der Waals surface area contributed by atoms with E-state index in [1.54, 1.807) is 0 Å². The molecule has 0 aliphatic heterocycles. The van der Waals surface area contributed by atoms with Crippen molar-refractivity contribution in [2.45, 2.75) is 38.5 Å². The highest BCUT2D eigenvalue weighted by molar-refractivity contribution is 5.84. The third-order valence-electron chi connectivity index (χ3n) is 1.86. The summed E-state index contributed by atoms with van der Waals surface area (Å²) in [6.07, 6.45) is 7.26. The van der Waals surface area contributed by atoms with Gasteiger partial charge in [0.1, 0.15) is 0 Å². The molecule has 1 saturated carbocycles. The minimum Gasteiger partial charge on any atom is -0.303 e. The van der Waals surface area contributed by atoms with Crippen molar-refractivity contribution in [2.75, 3.05) is 0 Å². The number of nitrogens with zero attached hydrogens (tertiary/aromatic N) is 1. The number of rotatable bonds is 1. The number of hydrogen-bond acceptors (Lipinski definition) is 3. The van der Waals surface area contributed by atoms with Crippen LogP contribution >= 0.6 is 0 Å². The van der Waals surface area contributed by atoms with Crippen LogP contribution in [0.1, 0.15) is 38.5 Å². The number of oxime groups is 1. The summed E-state index contributed by atoms with van der Waals surface area (Å²) >= 11 is 0. The lowest BCUT2D eigenvalue weighted by Gasteiger charge is -1.96. The summed E-state index contributed by atoms with van der Waals surface area (Å²) in [6.45, 7) is 0. The van der Waals surface area contributed by atoms with Gasteiger partial charge in [-0.25, -0.2) is 0 Å². The van der Waals surface area contributed by atoms with Crippen LogP contribution < -0.4 is 5.90 Å². The van der Waals surface area contributed by atoms with Gasteiger partial charge in [0, 0.05) is 0 Å². The van der Waals surface area contributed by atoms with Crippen molar-refractivity contribution in [3.8, 4) is 0 Å². The van der Waals surface area contributed by atoms with E-state index in [4.69, 9.17) is 5.90 Å². The first-order chi connectivity index (χ1) is 4.93. The highest BCUT2D eigenvalue weighted by Crippen LogP contribution is 2.14. The van der Waals surface area contributed by atoms with Gasteiger partial charge >= 0.3 is 0 Å². The fraction of sp³-hybridized carbons (Fsp3) is 0.857. The van der Waals surface area contributed by atoms with E-state index in [-0.39, 0.29) is 0 Å². The number of nitrogens with two attached hydrogens (primary N) is 1. The first-order valence-corrected chi connectivity index (χ1v) is 3.85. The molecule has 0 unspecified atom stereocenters. The van der Waals surface area contributed by atoms with Gasteiger partial charge in [-0.15, -0.1) is 5.90 Å². The van der Waals surface area contributed by atoms with Crippen LogP contribution in [-0.4, -0.2) is 5.71 Å². The molecule has 0 saturated heterocycles. The standard InChI is InChI=1S/C7H14N2O/c8-10-9-7-5-3-1-2-4-6-7/h1-6,8H2. The summed E-state index contributed by atoms with van der Waals surface area (Å²) in [4.78, 5) is 4.22. The zero-order chi connectivity index (χ0) is 7.23. The van der Waals surface area contributed by atoms with Crippen LogP contribution in [0.25, 0.3) is 0 Å². The molecule has 1 fully saturated rings. The summed E-state index contributed by atoms with van der Waals surface area (Å²) in [5, 5.41) is 3.74. The molecular formula is C7H14N2O. The van der Waals surface area contributed by atoms with E-state index in [2.05, 4.69) is 10.1 Å². The van der Waals surface area contributed by atoms with Gasteiger partial charge in [0.05, 0.1) is 5.71 Å². The molecule has 10 heavy (non-hydrogen) atoms. The Morgan fingerprint density at radius 1 is 1.10 bits per heavy atom. The maximum atomic E-state index is 4.82. The Hall–Kier alpha value is -0.570. The van der Waals surface area contributed by atoms with E-state index >= 15 is 0 Å². The number of hydrogen-bond donors (Lipinski definition) is 1. The maximum Gasteiger partial charge on any atom is 0.0597 e. The van der Waals surface area contributed by atoms with E-state index < -0.39 is 0 Å². The Morgan fingerprint density at radius 3 is 2.20 bits per heavy atom. The van der Waals surface area contributed by atoms with Gasteiger partial charge in [-0.3, -0.25) is 0 Å². The van der Waals surface area contributed by atoms with Crippen molar-refractivity contribution in [3.63, 3.8) is 0 Å². The highest BCUT2D eigenvalue weighted by atomic mass is 16.7. The van der Waals surface area contributed by atoms with Crippen LogP contribution in [0.15, 0.2) is 5.16 Å². The second kappa shape index (κ2) is 4.28. The van der Waals surface area contributed by atoms with Crippen LogP contribution in [0.5, 0.6) is 0 Å². The first-order valence-electron chi connectivity index (χ1n) is 3.85. The van der Waals surface area contributed by atoms with E-state index in [0.717, 1.165) is 18.6 Å². The molecular weight excluding hydrogens is 128 g/mol. The van der Waals surface area contributed by atoms with Crippen LogP contribution in [-0.2, 0) is 4.94 Å². The molecule has 0 amide bonds. The predicted molar refractivity (Wildman–Crippen MR) is 40.4 cm³/mol. The van der Waals surface area contributed by atoms with Gasteiger partial charge in [-0.05, 0) is 25.7 Å². The van der Waals surface area contributed by atoms with Gasteiger partial charge in [0.15, 0.2) is 0 Å². The molecule has 3 nitrogen and oxygen atoms in total. The Morgan fingerprint density at radius 2 is 1.70 bits per heavy atom. The minimum atomic E-state index is 1.07. The molecule has 1 aliphatic carbocycles. The zero-order valence-electron chi connectivity index (χ0n) is 6.18. The van der Waals surface area contributed by atoms with Crippen LogP contribution in [0.3, 0.4) is 0 Å². The maximum absolute atomic E-state index is 4.82. The largest absolute Gasteiger partial charge is 0.303 e. The molecule has 0 radical (unpaired) electrons. The quantitative estimate of drug-likeness (QED) is 0.446. The molecule has 0 atom stereocenters. The molecule has 0 aromatic rings. The summed E-state index contributed by atoms with van der Waals surface area (Å²) < 4.78 is 0. The topological polar surface area (TPSA) is 47.6 Å². The molecule has 0 bridgehead atoms. The van der Waals surface area contributed by atoms with Gasteiger partial charge in [-0.2, -0.15) is 0 Å². The van der Waals surface area contributed by atoms with Crippen molar-refractivity contribution in [2.24, 2.45) is 11.1 Å². The first kappa shape index (κ1) is 7.54. The van der Waals surface area contributed by atoms with Crippen molar-refractivity contribution >= 4 is 5.71 Å². The smallest absolute Gasteiger partial charge is 0.0597 e. The fourth-order valence-corrected chi connectivity index (χ4v) is 1.30. The molecule has 1 aliphatic rings. The lowest BCUT2D eigenvalue weighted by atomic mass is 10.2. The van der Waals surface area contributed by atoms with Crippen molar-refractivity contribution in [3.05, 3.63) is 0 Å². The van der Waals surface area contributed by atoms with E-state index in [0.29, 0.717) is 0 Å². The molecule has 0 aromatic heterocycles. The Balaban J connectivity index is 2.35. The highest BCUT2D eigenvalue weighted by Gasteiger charge is 2.05. The summed E-state index contributed by atoms with van der Waals surface area (Å²) in [5.41, 5.74) is 1.13. The lowest BCUT2D eigenvalue weighted by molar-refractivity contribution is 0.147. The molecule has 2 N–H and O–H groups in total. The van der Waals surface area contributed by atoms with E-state index in [1.807, 2.05) is 0 Å². The molecule has 0 heterocycles. The Labute approximate surface area is 61.2 Å². The van der Waals surface area contributed by atoms with Crippen LogP contribution in [0.4, 0.5) is 0 Å². The lowest BCUT2D eigenvalue weighted by Crippen LogP contribution is -2.00. The minimum absolute atomic E-state index is 1.07. The average molecular weight is 142 g/mol. The van der Waals surface area contributed by atoms with Gasteiger partial charge in [0.25, 0.3) is 0 Å². The Bertz CT molecular complexity index is 113. The molecule has 3 heteroatoms.